The lowest BCUT2D eigenvalue weighted by Gasteiger charge is -2.11. The molecule has 6 heteroatoms. The zero-order valence-corrected chi connectivity index (χ0v) is 13.0. The molecule has 2 rings (SSSR count). The number of nitrogens with one attached hydrogen (secondary N) is 1. The van der Waals surface area contributed by atoms with E-state index in [1.54, 1.807) is 25.2 Å². The van der Waals surface area contributed by atoms with Gasteiger partial charge in [-0.2, -0.15) is 0 Å². The van der Waals surface area contributed by atoms with Crippen LogP contribution in [-0.4, -0.2) is 23.6 Å². The van der Waals surface area contributed by atoms with E-state index in [2.05, 4.69) is 15.3 Å². The fourth-order valence-electron chi connectivity index (χ4n) is 1.67. The van der Waals surface area contributed by atoms with E-state index in [1.165, 1.54) is 5.56 Å². The molecule has 0 bridgehead atoms. The molecule has 1 aromatic carbocycles. The molecule has 0 fully saturated rings. The Morgan fingerprint density at radius 3 is 2.65 bits per heavy atom. The molecule has 106 valence electrons. The monoisotopic (exact) mass is 309 g/mol. The average Bonchev–Trinajstić information content (AvgIpc) is 2.47. The number of ether oxygens (including phenoxy) is 1. The van der Waals surface area contributed by atoms with Crippen LogP contribution in [0, 0.1) is 0 Å². The molecular formula is C14H16ClN3OS. The number of thioether (sulfide) groups is 1. The van der Waals surface area contributed by atoms with Gasteiger partial charge in [-0.25, -0.2) is 9.97 Å². The van der Waals surface area contributed by atoms with Crippen molar-refractivity contribution in [2.24, 2.45) is 0 Å². The Labute approximate surface area is 127 Å². The normalized spacial score (nSPS) is 10.3. The SMILES string of the molecule is CCNc1ncnc(SCc2ccc(Cl)cc2)c1OC. The van der Waals surface area contributed by atoms with E-state index in [0.29, 0.717) is 5.75 Å². The van der Waals surface area contributed by atoms with Gasteiger partial charge in [0.2, 0.25) is 0 Å². The van der Waals surface area contributed by atoms with Gasteiger partial charge in [-0.15, -0.1) is 0 Å². The third-order valence-electron chi connectivity index (χ3n) is 2.61. The molecule has 0 saturated heterocycles. The zero-order chi connectivity index (χ0) is 14.4. The number of benzene rings is 1. The summed E-state index contributed by atoms with van der Waals surface area (Å²) in [7, 11) is 1.63. The van der Waals surface area contributed by atoms with Crippen molar-refractivity contribution in [3.05, 3.63) is 41.2 Å². The summed E-state index contributed by atoms with van der Waals surface area (Å²) in [4.78, 5) is 8.47. The molecule has 0 unspecified atom stereocenters. The van der Waals surface area contributed by atoms with Crippen molar-refractivity contribution in [3.8, 4) is 5.75 Å². The van der Waals surface area contributed by atoms with Gasteiger partial charge in [0.25, 0.3) is 0 Å². The highest BCUT2D eigenvalue weighted by molar-refractivity contribution is 7.98. The molecule has 2 aromatic rings. The van der Waals surface area contributed by atoms with Gasteiger partial charge in [0.05, 0.1) is 7.11 Å². The maximum absolute atomic E-state index is 5.88. The highest BCUT2D eigenvalue weighted by Crippen LogP contribution is 2.34. The Balaban J connectivity index is 2.12. The Morgan fingerprint density at radius 1 is 1.25 bits per heavy atom. The van der Waals surface area contributed by atoms with Crippen LogP contribution in [0.15, 0.2) is 35.6 Å². The summed E-state index contributed by atoms with van der Waals surface area (Å²) in [5, 5.41) is 4.74. The van der Waals surface area contributed by atoms with E-state index < -0.39 is 0 Å². The quantitative estimate of drug-likeness (QED) is 0.648. The smallest absolute Gasteiger partial charge is 0.193 e. The summed E-state index contributed by atoms with van der Waals surface area (Å²) in [6, 6.07) is 7.79. The maximum Gasteiger partial charge on any atom is 0.193 e. The van der Waals surface area contributed by atoms with Crippen LogP contribution in [0.4, 0.5) is 5.82 Å². The lowest BCUT2D eigenvalue weighted by Crippen LogP contribution is -2.03. The van der Waals surface area contributed by atoms with Gasteiger partial charge >= 0.3 is 0 Å². The van der Waals surface area contributed by atoms with E-state index >= 15 is 0 Å². The standard InChI is InChI=1S/C14H16ClN3OS/c1-3-16-13-12(19-2)14(18-9-17-13)20-8-10-4-6-11(15)7-5-10/h4-7,9H,3,8H2,1-2H3,(H,16,17,18). The lowest BCUT2D eigenvalue weighted by molar-refractivity contribution is 0.400. The largest absolute Gasteiger partial charge is 0.490 e. The minimum atomic E-state index is 0.688. The molecule has 1 N–H and O–H groups in total. The van der Waals surface area contributed by atoms with Crippen molar-refractivity contribution in [2.75, 3.05) is 19.0 Å². The number of hydrogen-bond acceptors (Lipinski definition) is 5. The van der Waals surface area contributed by atoms with Crippen LogP contribution in [0.25, 0.3) is 0 Å². The van der Waals surface area contributed by atoms with Crippen LogP contribution in [0.1, 0.15) is 12.5 Å². The Morgan fingerprint density at radius 2 is 2.00 bits per heavy atom. The lowest BCUT2D eigenvalue weighted by atomic mass is 10.2. The minimum Gasteiger partial charge on any atom is -0.490 e. The van der Waals surface area contributed by atoms with E-state index in [0.717, 1.165) is 28.2 Å². The molecule has 0 aliphatic heterocycles. The van der Waals surface area contributed by atoms with E-state index in [4.69, 9.17) is 16.3 Å². The summed E-state index contributed by atoms with van der Waals surface area (Å²) in [6.07, 6.45) is 1.55. The fourth-order valence-corrected chi connectivity index (χ4v) is 2.72. The summed E-state index contributed by atoms with van der Waals surface area (Å²) in [6.45, 7) is 2.80. The van der Waals surface area contributed by atoms with Crippen molar-refractivity contribution < 1.29 is 4.74 Å². The van der Waals surface area contributed by atoms with Crippen LogP contribution in [0.2, 0.25) is 5.02 Å². The Hall–Kier alpha value is -1.46. The molecule has 0 atom stereocenters. The van der Waals surface area contributed by atoms with Crippen LogP contribution < -0.4 is 10.1 Å². The Kier molecular flexibility index (Phi) is 5.49. The molecule has 0 aliphatic rings. The second-order valence-electron chi connectivity index (χ2n) is 4.01. The first-order valence-electron chi connectivity index (χ1n) is 6.24. The van der Waals surface area contributed by atoms with Gasteiger partial charge in [-0.1, -0.05) is 35.5 Å². The first-order chi connectivity index (χ1) is 9.74. The number of hydrogen-bond donors (Lipinski definition) is 1. The fraction of sp³-hybridized carbons (Fsp3) is 0.286. The third-order valence-corrected chi connectivity index (χ3v) is 3.90. The molecule has 0 spiro atoms. The van der Waals surface area contributed by atoms with Crippen molar-refractivity contribution in [3.63, 3.8) is 0 Å². The molecule has 1 aromatic heterocycles. The number of aromatic nitrogens is 2. The van der Waals surface area contributed by atoms with Crippen molar-refractivity contribution in [1.29, 1.82) is 0 Å². The summed E-state index contributed by atoms with van der Waals surface area (Å²) in [5.74, 6) is 2.22. The Bertz CT molecular complexity index is 563. The number of halogens is 1. The molecular weight excluding hydrogens is 294 g/mol. The van der Waals surface area contributed by atoms with E-state index in [-0.39, 0.29) is 0 Å². The highest BCUT2D eigenvalue weighted by Gasteiger charge is 2.12. The second kappa shape index (κ2) is 7.36. The topological polar surface area (TPSA) is 47.0 Å². The van der Waals surface area contributed by atoms with Crippen LogP contribution >= 0.6 is 23.4 Å². The van der Waals surface area contributed by atoms with Gasteiger partial charge < -0.3 is 10.1 Å². The first kappa shape index (κ1) is 14.9. The number of nitrogens with zero attached hydrogens (tertiary/aromatic N) is 2. The third kappa shape index (κ3) is 3.77. The van der Waals surface area contributed by atoms with Gasteiger partial charge in [-0.05, 0) is 24.6 Å². The van der Waals surface area contributed by atoms with E-state index in [9.17, 15) is 0 Å². The molecule has 4 nitrogen and oxygen atoms in total. The van der Waals surface area contributed by atoms with E-state index in [1.807, 2.05) is 31.2 Å². The van der Waals surface area contributed by atoms with Gasteiger partial charge in [0.15, 0.2) is 11.6 Å². The van der Waals surface area contributed by atoms with Crippen molar-refractivity contribution in [2.45, 2.75) is 17.7 Å². The van der Waals surface area contributed by atoms with Crippen LogP contribution in [-0.2, 0) is 5.75 Å². The van der Waals surface area contributed by atoms with Crippen molar-refractivity contribution in [1.82, 2.24) is 9.97 Å². The maximum atomic E-state index is 5.88. The first-order valence-corrected chi connectivity index (χ1v) is 7.61. The summed E-state index contributed by atoms with van der Waals surface area (Å²) < 4.78 is 5.41. The minimum absolute atomic E-state index is 0.688. The average molecular weight is 310 g/mol. The number of anilines is 1. The molecule has 0 aliphatic carbocycles. The molecule has 0 saturated carbocycles. The number of rotatable bonds is 6. The van der Waals surface area contributed by atoms with Gasteiger partial charge in [0, 0.05) is 17.3 Å². The molecule has 20 heavy (non-hydrogen) atoms. The van der Waals surface area contributed by atoms with Gasteiger partial charge in [0.1, 0.15) is 11.4 Å². The summed E-state index contributed by atoms with van der Waals surface area (Å²) in [5.41, 5.74) is 1.19. The molecule has 0 radical (unpaired) electrons. The van der Waals surface area contributed by atoms with Crippen LogP contribution in [0.3, 0.4) is 0 Å². The zero-order valence-electron chi connectivity index (χ0n) is 11.4. The van der Waals surface area contributed by atoms with Crippen molar-refractivity contribution >= 4 is 29.2 Å². The predicted molar refractivity (Wildman–Crippen MR) is 83.8 cm³/mol. The molecule has 0 amide bonds. The predicted octanol–water partition coefficient (Wildman–Crippen LogP) is 3.86. The summed E-state index contributed by atoms with van der Waals surface area (Å²) >= 11 is 7.49. The number of methoxy groups -OCH3 is 1. The highest BCUT2D eigenvalue weighted by atomic mass is 35.5. The second-order valence-corrected chi connectivity index (χ2v) is 5.41. The van der Waals surface area contributed by atoms with Gasteiger partial charge in [-0.3, -0.25) is 0 Å². The molecule has 1 heterocycles. The van der Waals surface area contributed by atoms with Crippen LogP contribution in [0.5, 0.6) is 5.75 Å².